The fourth-order valence-corrected chi connectivity index (χ4v) is 1.96. The number of esters is 1. The van der Waals surface area contributed by atoms with Crippen LogP contribution in [0.3, 0.4) is 0 Å². The first-order valence-electron chi connectivity index (χ1n) is 4.36. The Balaban J connectivity index is 2.39. The molecule has 0 spiro atoms. The molecule has 0 aromatic heterocycles. The van der Waals surface area contributed by atoms with Gasteiger partial charge in [-0.25, -0.2) is 4.79 Å². The third-order valence-corrected chi connectivity index (χ3v) is 2.71. The Kier molecular flexibility index (Phi) is 2.48. The van der Waals surface area contributed by atoms with Gasteiger partial charge in [0.2, 0.25) is 5.91 Å². The molecule has 4 nitrogen and oxygen atoms in total. The third-order valence-electron chi connectivity index (χ3n) is 2.22. The molecule has 5 heteroatoms. The molecule has 1 atom stereocenters. The van der Waals surface area contributed by atoms with Gasteiger partial charge < -0.3 is 10.5 Å². The fourth-order valence-electron chi connectivity index (χ4n) is 1.58. The van der Waals surface area contributed by atoms with Gasteiger partial charge in [-0.05, 0) is 18.2 Å². The van der Waals surface area contributed by atoms with Crippen LogP contribution in [-0.4, -0.2) is 11.9 Å². The van der Waals surface area contributed by atoms with E-state index in [0.29, 0.717) is 11.1 Å². The van der Waals surface area contributed by atoms with Crippen LogP contribution in [0, 0.1) is 0 Å². The highest BCUT2D eigenvalue weighted by molar-refractivity contribution is 9.10. The number of hydrogen-bond acceptors (Lipinski definition) is 3. The predicted molar refractivity (Wildman–Crippen MR) is 56.1 cm³/mol. The highest BCUT2D eigenvalue weighted by Gasteiger charge is 2.31. The predicted octanol–water partition coefficient (Wildman–Crippen LogP) is 1.54. The van der Waals surface area contributed by atoms with Crippen LogP contribution in [0.1, 0.15) is 28.4 Å². The van der Waals surface area contributed by atoms with Gasteiger partial charge in [-0.3, -0.25) is 4.79 Å². The van der Waals surface area contributed by atoms with Gasteiger partial charge in [0.15, 0.2) is 0 Å². The molecule has 15 heavy (non-hydrogen) atoms. The van der Waals surface area contributed by atoms with Gasteiger partial charge in [-0.15, -0.1) is 0 Å². The Morgan fingerprint density at radius 3 is 2.93 bits per heavy atom. The summed E-state index contributed by atoms with van der Waals surface area (Å²) in [5.41, 5.74) is 6.29. The zero-order chi connectivity index (χ0) is 11.0. The number of fused-ring (bicyclic) bond motifs is 1. The maximum absolute atomic E-state index is 11.4. The summed E-state index contributed by atoms with van der Waals surface area (Å²) < 4.78 is 5.88. The molecule has 0 aliphatic carbocycles. The van der Waals surface area contributed by atoms with Crippen LogP contribution in [0.15, 0.2) is 22.7 Å². The Morgan fingerprint density at radius 1 is 1.53 bits per heavy atom. The summed E-state index contributed by atoms with van der Waals surface area (Å²) in [6.07, 6.45) is -0.516. The molecule has 78 valence electrons. The number of carbonyl (C=O) groups is 2. The van der Waals surface area contributed by atoms with Gasteiger partial charge in [-0.2, -0.15) is 0 Å². The van der Waals surface area contributed by atoms with Crippen molar-refractivity contribution >= 4 is 27.8 Å². The molecular weight excluding hydrogens is 262 g/mol. The molecule has 0 fully saturated rings. The molecule has 1 aliphatic heterocycles. The van der Waals surface area contributed by atoms with Crippen LogP contribution in [0.4, 0.5) is 0 Å². The standard InChI is InChI=1S/C10H8BrNO3/c11-5-1-2-6-7(3-5)8(4-9(12)13)15-10(6)14/h1-3,8H,4H2,(H2,12,13). The monoisotopic (exact) mass is 269 g/mol. The molecule has 1 aliphatic rings. The van der Waals surface area contributed by atoms with Crippen LogP contribution in [0.5, 0.6) is 0 Å². The smallest absolute Gasteiger partial charge is 0.339 e. The van der Waals surface area contributed by atoms with Gasteiger partial charge in [-0.1, -0.05) is 15.9 Å². The van der Waals surface area contributed by atoms with Crippen molar-refractivity contribution in [2.24, 2.45) is 5.73 Å². The molecule has 0 bridgehead atoms. The van der Waals surface area contributed by atoms with Gasteiger partial charge in [0.05, 0.1) is 12.0 Å². The van der Waals surface area contributed by atoms with E-state index in [-0.39, 0.29) is 6.42 Å². The van der Waals surface area contributed by atoms with Gasteiger partial charge in [0, 0.05) is 10.0 Å². The third kappa shape index (κ3) is 1.87. The second-order valence-electron chi connectivity index (χ2n) is 3.30. The number of halogens is 1. The van der Waals surface area contributed by atoms with E-state index in [1.165, 1.54) is 0 Å². The molecule has 1 amide bonds. The minimum atomic E-state index is -0.539. The van der Waals surface area contributed by atoms with Crippen LogP contribution >= 0.6 is 15.9 Å². The molecule has 2 N–H and O–H groups in total. The second kappa shape index (κ2) is 3.66. The minimum absolute atomic E-state index is 0.0230. The van der Waals surface area contributed by atoms with Crippen molar-refractivity contribution in [3.05, 3.63) is 33.8 Å². The first kappa shape index (κ1) is 10.2. The quantitative estimate of drug-likeness (QED) is 0.828. The molecule has 0 saturated heterocycles. The summed E-state index contributed by atoms with van der Waals surface area (Å²) in [6.45, 7) is 0. The lowest BCUT2D eigenvalue weighted by atomic mass is 10.0. The second-order valence-corrected chi connectivity index (χ2v) is 4.21. The van der Waals surface area contributed by atoms with Crippen molar-refractivity contribution in [1.82, 2.24) is 0 Å². The summed E-state index contributed by atoms with van der Waals surface area (Å²) in [5, 5.41) is 0. The Labute approximate surface area is 94.5 Å². The Hall–Kier alpha value is -1.36. The van der Waals surface area contributed by atoms with E-state index in [0.717, 1.165) is 4.47 Å². The fraction of sp³-hybridized carbons (Fsp3) is 0.200. The number of rotatable bonds is 2. The lowest BCUT2D eigenvalue weighted by molar-refractivity contribution is -0.119. The number of carbonyl (C=O) groups excluding carboxylic acids is 2. The zero-order valence-corrected chi connectivity index (χ0v) is 9.28. The number of hydrogen-bond donors (Lipinski definition) is 1. The van der Waals surface area contributed by atoms with Gasteiger partial charge >= 0.3 is 5.97 Å². The van der Waals surface area contributed by atoms with Gasteiger partial charge in [0.1, 0.15) is 6.10 Å². The SMILES string of the molecule is NC(=O)CC1OC(=O)c2ccc(Br)cc21. The number of nitrogens with two attached hydrogens (primary N) is 1. The highest BCUT2D eigenvalue weighted by Crippen LogP contribution is 2.34. The summed E-state index contributed by atoms with van der Waals surface area (Å²) in [7, 11) is 0. The Bertz CT molecular complexity index is 442. The molecule has 1 aromatic rings. The first-order valence-corrected chi connectivity index (χ1v) is 5.16. The molecular formula is C10H8BrNO3. The largest absolute Gasteiger partial charge is 0.453 e. The van der Waals surface area contributed by atoms with E-state index in [4.69, 9.17) is 10.5 Å². The number of cyclic esters (lactones) is 1. The molecule has 1 aromatic carbocycles. The summed E-state index contributed by atoms with van der Waals surface area (Å²) in [4.78, 5) is 22.2. The van der Waals surface area contributed by atoms with Crippen molar-refractivity contribution in [2.75, 3.05) is 0 Å². The number of amides is 1. The van der Waals surface area contributed by atoms with E-state index in [1.54, 1.807) is 18.2 Å². The molecule has 0 saturated carbocycles. The summed E-state index contributed by atoms with van der Waals surface area (Å²) in [5.74, 6) is -0.885. The van der Waals surface area contributed by atoms with E-state index < -0.39 is 18.0 Å². The molecule has 0 radical (unpaired) electrons. The van der Waals surface area contributed by atoms with Crippen molar-refractivity contribution < 1.29 is 14.3 Å². The minimum Gasteiger partial charge on any atom is -0.453 e. The van der Waals surface area contributed by atoms with E-state index >= 15 is 0 Å². The first-order chi connectivity index (χ1) is 7.08. The average Bonchev–Trinajstić information content (AvgIpc) is 2.42. The van der Waals surface area contributed by atoms with Crippen LogP contribution < -0.4 is 5.73 Å². The van der Waals surface area contributed by atoms with E-state index in [2.05, 4.69) is 15.9 Å². The summed E-state index contributed by atoms with van der Waals surface area (Å²) in [6, 6.07) is 5.20. The lowest BCUT2D eigenvalue weighted by Gasteiger charge is -2.07. The van der Waals surface area contributed by atoms with Crippen LogP contribution in [0.2, 0.25) is 0 Å². The normalized spacial score (nSPS) is 18.5. The number of benzene rings is 1. The average molecular weight is 270 g/mol. The lowest BCUT2D eigenvalue weighted by Crippen LogP contribution is -2.15. The van der Waals surface area contributed by atoms with Crippen molar-refractivity contribution in [2.45, 2.75) is 12.5 Å². The Morgan fingerprint density at radius 2 is 2.27 bits per heavy atom. The molecule has 2 rings (SSSR count). The maximum Gasteiger partial charge on any atom is 0.339 e. The number of primary amides is 1. The van der Waals surface area contributed by atoms with Crippen molar-refractivity contribution in [3.8, 4) is 0 Å². The van der Waals surface area contributed by atoms with Gasteiger partial charge in [0.25, 0.3) is 0 Å². The van der Waals surface area contributed by atoms with Crippen molar-refractivity contribution in [3.63, 3.8) is 0 Å². The van der Waals surface area contributed by atoms with Crippen LogP contribution in [-0.2, 0) is 9.53 Å². The molecule has 1 unspecified atom stereocenters. The number of ether oxygens (including phenoxy) is 1. The van der Waals surface area contributed by atoms with Crippen molar-refractivity contribution in [1.29, 1.82) is 0 Å². The maximum atomic E-state index is 11.4. The topological polar surface area (TPSA) is 69.4 Å². The molecule has 1 heterocycles. The van der Waals surface area contributed by atoms with E-state index in [9.17, 15) is 9.59 Å². The van der Waals surface area contributed by atoms with E-state index in [1.807, 2.05) is 0 Å². The van der Waals surface area contributed by atoms with Crippen LogP contribution in [0.25, 0.3) is 0 Å². The highest BCUT2D eigenvalue weighted by atomic mass is 79.9. The zero-order valence-electron chi connectivity index (χ0n) is 7.70. The summed E-state index contributed by atoms with van der Waals surface area (Å²) >= 11 is 3.30.